The molecule has 1 heteroatoms. The van der Waals surface area contributed by atoms with Crippen LogP contribution in [0.2, 0.25) is 0 Å². The molecular formula is C41H35N. The van der Waals surface area contributed by atoms with E-state index in [0.29, 0.717) is 0 Å². The number of nitrogens with zero attached hydrogens (tertiary/aromatic N) is 1. The van der Waals surface area contributed by atoms with Crippen molar-refractivity contribution in [2.75, 3.05) is 4.90 Å². The molecule has 0 aromatic heterocycles. The topological polar surface area (TPSA) is 3.24 Å². The lowest BCUT2D eigenvalue weighted by Crippen LogP contribution is -2.32. The van der Waals surface area contributed by atoms with E-state index in [1.165, 1.54) is 67.1 Å². The Morgan fingerprint density at radius 3 is 1.71 bits per heavy atom. The highest BCUT2D eigenvalue weighted by Crippen LogP contribution is 2.54. The second-order valence-corrected chi connectivity index (χ2v) is 11.9. The van der Waals surface area contributed by atoms with Crippen LogP contribution in [0, 0.1) is 6.92 Å². The summed E-state index contributed by atoms with van der Waals surface area (Å²) in [5.41, 5.74) is 15.2. The SMILES string of the molecule is Cc1ccc(-c2ccccc2)cc1N1c2cc(-c3ccccc3)ccc2C(C)(C)c2cccc(Cc3ccccc3)c21. The van der Waals surface area contributed by atoms with Crippen molar-refractivity contribution >= 4 is 17.1 Å². The Bertz CT molecular complexity index is 1870. The molecule has 0 saturated heterocycles. The molecule has 1 aliphatic heterocycles. The van der Waals surface area contributed by atoms with Gasteiger partial charge in [0, 0.05) is 11.1 Å². The van der Waals surface area contributed by atoms with Gasteiger partial charge in [-0.1, -0.05) is 147 Å². The van der Waals surface area contributed by atoms with Gasteiger partial charge in [-0.05, 0) is 75.5 Å². The lowest BCUT2D eigenvalue weighted by molar-refractivity contribution is 0.630. The monoisotopic (exact) mass is 541 g/mol. The number of hydrogen-bond acceptors (Lipinski definition) is 1. The number of rotatable bonds is 5. The molecule has 1 nitrogen and oxygen atoms in total. The Morgan fingerprint density at radius 1 is 0.500 bits per heavy atom. The van der Waals surface area contributed by atoms with Gasteiger partial charge in [0.25, 0.3) is 0 Å². The number of hydrogen-bond donors (Lipinski definition) is 0. The Hall–Kier alpha value is -4.88. The summed E-state index contributed by atoms with van der Waals surface area (Å²) in [7, 11) is 0. The molecule has 0 N–H and O–H groups in total. The van der Waals surface area contributed by atoms with Crippen LogP contribution in [0.3, 0.4) is 0 Å². The minimum atomic E-state index is -0.159. The van der Waals surface area contributed by atoms with Gasteiger partial charge in [-0.2, -0.15) is 0 Å². The van der Waals surface area contributed by atoms with E-state index in [1.54, 1.807) is 0 Å². The number of aryl methyl sites for hydroxylation is 1. The van der Waals surface area contributed by atoms with Crippen LogP contribution in [0.25, 0.3) is 22.3 Å². The zero-order valence-electron chi connectivity index (χ0n) is 24.5. The highest BCUT2D eigenvalue weighted by molar-refractivity contribution is 5.91. The van der Waals surface area contributed by atoms with Gasteiger partial charge in [-0.3, -0.25) is 0 Å². The van der Waals surface area contributed by atoms with Gasteiger partial charge < -0.3 is 4.90 Å². The average Bonchev–Trinajstić information content (AvgIpc) is 3.03. The van der Waals surface area contributed by atoms with Crippen LogP contribution in [-0.4, -0.2) is 0 Å². The van der Waals surface area contributed by atoms with Crippen molar-refractivity contribution in [2.24, 2.45) is 0 Å². The number of para-hydroxylation sites is 1. The Kier molecular flexibility index (Phi) is 6.52. The second kappa shape index (κ2) is 10.5. The van der Waals surface area contributed by atoms with Gasteiger partial charge >= 0.3 is 0 Å². The lowest BCUT2D eigenvalue weighted by Gasteiger charge is -2.44. The first-order valence-corrected chi connectivity index (χ1v) is 14.8. The minimum absolute atomic E-state index is 0.159. The average molecular weight is 542 g/mol. The zero-order valence-corrected chi connectivity index (χ0v) is 24.5. The van der Waals surface area contributed by atoms with Gasteiger partial charge in [0.15, 0.2) is 0 Å². The van der Waals surface area contributed by atoms with Crippen LogP contribution in [0.1, 0.15) is 41.7 Å². The number of benzene rings is 6. The standard InChI is InChI=1S/C41H35N/c1-29-22-23-33(31-16-9-5-10-17-31)27-38(29)42-39-28-34(32-18-11-6-12-19-32)24-25-36(39)41(2,3)37-21-13-20-35(40(37)42)26-30-14-7-4-8-15-30/h4-25,27-28H,26H2,1-3H3. The molecule has 0 spiro atoms. The fourth-order valence-electron chi connectivity index (χ4n) is 6.55. The van der Waals surface area contributed by atoms with E-state index < -0.39 is 0 Å². The van der Waals surface area contributed by atoms with Crippen molar-refractivity contribution in [2.45, 2.75) is 32.6 Å². The maximum absolute atomic E-state index is 2.56. The van der Waals surface area contributed by atoms with Gasteiger partial charge in [-0.25, -0.2) is 0 Å². The maximum atomic E-state index is 2.56. The van der Waals surface area contributed by atoms with Crippen LogP contribution in [0.15, 0.2) is 146 Å². The molecule has 1 aliphatic rings. The lowest BCUT2D eigenvalue weighted by atomic mass is 9.72. The first-order chi connectivity index (χ1) is 20.5. The first kappa shape index (κ1) is 26.0. The molecule has 0 aliphatic carbocycles. The first-order valence-electron chi connectivity index (χ1n) is 14.8. The molecule has 0 atom stereocenters. The van der Waals surface area contributed by atoms with E-state index in [1.807, 2.05) is 0 Å². The van der Waals surface area contributed by atoms with Crippen LogP contribution in [-0.2, 0) is 11.8 Å². The van der Waals surface area contributed by atoms with Crippen molar-refractivity contribution in [1.29, 1.82) is 0 Å². The third-order valence-electron chi connectivity index (χ3n) is 8.83. The zero-order chi connectivity index (χ0) is 28.7. The smallest absolute Gasteiger partial charge is 0.0538 e. The molecule has 6 aromatic carbocycles. The summed E-state index contributed by atoms with van der Waals surface area (Å²) < 4.78 is 0. The Labute approximate surface area is 249 Å². The molecule has 0 amide bonds. The molecule has 0 bridgehead atoms. The Morgan fingerprint density at radius 2 is 1.07 bits per heavy atom. The van der Waals surface area contributed by atoms with E-state index in [0.717, 1.165) is 6.42 Å². The minimum Gasteiger partial charge on any atom is -0.309 e. The fraction of sp³-hybridized carbons (Fsp3) is 0.122. The van der Waals surface area contributed by atoms with E-state index in [9.17, 15) is 0 Å². The predicted molar refractivity (Wildman–Crippen MR) is 178 cm³/mol. The summed E-state index contributed by atoms with van der Waals surface area (Å²) in [6.45, 7) is 7.00. The molecule has 7 rings (SSSR count). The second-order valence-electron chi connectivity index (χ2n) is 11.9. The van der Waals surface area contributed by atoms with Crippen LogP contribution in [0.4, 0.5) is 17.1 Å². The van der Waals surface area contributed by atoms with E-state index in [4.69, 9.17) is 0 Å². The van der Waals surface area contributed by atoms with Crippen molar-refractivity contribution in [1.82, 2.24) is 0 Å². The quantitative estimate of drug-likeness (QED) is 0.210. The van der Waals surface area contributed by atoms with Gasteiger partial charge in [0.2, 0.25) is 0 Å². The van der Waals surface area contributed by atoms with Crippen molar-refractivity contribution in [3.63, 3.8) is 0 Å². The normalized spacial score (nSPS) is 13.4. The van der Waals surface area contributed by atoms with Crippen molar-refractivity contribution in [3.8, 4) is 22.3 Å². The van der Waals surface area contributed by atoms with Gasteiger partial charge in [-0.15, -0.1) is 0 Å². The largest absolute Gasteiger partial charge is 0.309 e. The number of fused-ring (bicyclic) bond motifs is 2. The molecular weight excluding hydrogens is 506 g/mol. The molecule has 0 unspecified atom stereocenters. The predicted octanol–water partition coefficient (Wildman–Crippen LogP) is 11.0. The van der Waals surface area contributed by atoms with E-state index in [2.05, 4.69) is 171 Å². The van der Waals surface area contributed by atoms with E-state index >= 15 is 0 Å². The van der Waals surface area contributed by atoms with Gasteiger partial charge in [0.1, 0.15) is 0 Å². The molecule has 204 valence electrons. The van der Waals surface area contributed by atoms with Crippen molar-refractivity contribution < 1.29 is 0 Å². The molecule has 42 heavy (non-hydrogen) atoms. The summed E-state index contributed by atoms with van der Waals surface area (Å²) in [5, 5.41) is 0. The summed E-state index contributed by atoms with van der Waals surface area (Å²) >= 11 is 0. The van der Waals surface area contributed by atoms with Crippen LogP contribution < -0.4 is 4.90 Å². The highest BCUT2D eigenvalue weighted by Gasteiger charge is 2.38. The van der Waals surface area contributed by atoms with Crippen LogP contribution >= 0.6 is 0 Å². The highest BCUT2D eigenvalue weighted by atomic mass is 15.2. The third-order valence-corrected chi connectivity index (χ3v) is 8.83. The third kappa shape index (κ3) is 4.52. The molecule has 0 saturated carbocycles. The maximum Gasteiger partial charge on any atom is 0.0538 e. The molecule has 1 heterocycles. The molecule has 0 fully saturated rings. The summed E-state index contributed by atoms with van der Waals surface area (Å²) in [4.78, 5) is 2.56. The fourth-order valence-corrected chi connectivity index (χ4v) is 6.55. The summed E-state index contributed by atoms with van der Waals surface area (Å²) in [6, 6.07) is 53.2. The summed E-state index contributed by atoms with van der Waals surface area (Å²) in [6.07, 6.45) is 0.877. The van der Waals surface area contributed by atoms with Crippen LogP contribution in [0.5, 0.6) is 0 Å². The van der Waals surface area contributed by atoms with Gasteiger partial charge in [0.05, 0.1) is 11.4 Å². The number of anilines is 3. The Balaban J connectivity index is 1.51. The van der Waals surface area contributed by atoms with Crippen molar-refractivity contribution in [3.05, 3.63) is 173 Å². The van der Waals surface area contributed by atoms with E-state index in [-0.39, 0.29) is 5.41 Å². The molecule has 6 aromatic rings. The molecule has 0 radical (unpaired) electrons. The summed E-state index contributed by atoms with van der Waals surface area (Å²) in [5.74, 6) is 0.